The molecule has 0 unspecified atom stereocenters. The maximum atomic E-state index is 11.0. The van der Waals surface area contributed by atoms with Crippen LogP contribution in [0.4, 0.5) is 10.8 Å². The minimum Gasteiger partial charge on any atom is -0.348 e. The Labute approximate surface area is 161 Å². The maximum absolute atomic E-state index is 11.0. The van der Waals surface area contributed by atoms with Crippen molar-refractivity contribution < 1.29 is 4.92 Å². The highest BCUT2D eigenvalue weighted by Crippen LogP contribution is 2.41. The van der Waals surface area contributed by atoms with Gasteiger partial charge in [0.25, 0.3) is 5.69 Å². The summed E-state index contributed by atoms with van der Waals surface area (Å²) in [5.74, 6) is 0. The summed E-state index contributed by atoms with van der Waals surface area (Å²) in [6, 6.07) is 6.94. The third-order valence-electron chi connectivity index (χ3n) is 5.55. The highest BCUT2D eigenvalue weighted by atomic mass is 32.1. The van der Waals surface area contributed by atoms with Crippen molar-refractivity contribution in [1.29, 1.82) is 0 Å². The molecule has 7 heteroatoms. The Morgan fingerprint density at radius 2 is 1.74 bits per heavy atom. The summed E-state index contributed by atoms with van der Waals surface area (Å²) >= 11 is 1.72. The Bertz CT molecular complexity index is 1020. The number of rotatable bonds is 3. The van der Waals surface area contributed by atoms with Crippen LogP contribution in [0.3, 0.4) is 0 Å². The van der Waals surface area contributed by atoms with Crippen molar-refractivity contribution in [1.82, 2.24) is 9.97 Å². The fraction of sp³-hybridized carbons (Fsp3) is 0.400. The smallest absolute Gasteiger partial charge is 0.269 e. The van der Waals surface area contributed by atoms with E-state index in [9.17, 15) is 10.1 Å². The van der Waals surface area contributed by atoms with Gasteiger partial charge in [0, 0.05) is 36.5 Å². The number of hydrogen-bond donors (Lipinski definition) is 0. The second-order valence-electron chi connectivity index (χ2n) is 7.27. The van der Waals surface area contributed by atoms with Crippen LogP contribution in [0.2, 0.25) is 0 Å². The Morgan fingerprint density at radius 1 is 1.00 bits per heavy atom. The number of nitrogens with zero attached hydrogens (tertiary/aromatic N) is 4. The number of nitro groups is 1. The van der Waals surface area contributed by atoms with Crippen molar-refractivity contribution in [3.63, 3.8) is 0 Å². The third kappa shape index (κ3) is 2.86. The summed E-state index contributed by atoms with van der Waals surface area (Å²) in [5.41, 5.74) is 5.63. The topological polar surface area (TPSA) is 72.2 Å². The Hall–Kier alpha value is -2.54. The van der Waals surface area contributed by atoms with Crippen molar-refractivity contribution >= 4 is 32.5 Å². The first-order valence-corrected chi connectivity index (χ1v) is 10.3. The normalized spacial score (nSPS) is 16.7. The van der Waals surface area contributed by atoms with Gasteiger partial charge >= 0.3 is 0 Å². The average Bonchev–Trinajstić information content (AvgIpc) is 3.35. The minimum absolute atomic E-state index is 0.125. The quantitative estimate of drug-likeness (QED) is 0.484. The van der Waals surface area contributed by atoms with Crippen LogP contribution in [0.15, 0.2) is 24.3 Å². The van der Waals surface area contributed by atoms with Crippen LogP contribution in [0.1, 0.15) is 36.9 Å². The first-order valence-electron chi connectivity index (χ1n) is 9.53. The molecule has 0 atom stereocenters. The second kappa shape index (κ2) is 6.56. The number of aromatic nitrogens is 2. The summed E-state index contributed by atoms with van der Waals surface area (Å²) in [6.45, 7) is 2.12. The summed E-state index contributed by atoms with van der Waals surface area (Å²) in [4.78, 5) is 22.8. The lowest BCUT2D eigenvalue weighted by Gasteiger charge is -2.19. The number of anilines is 1. The maximum Gasteiger partial charge on any atom is 0.269 e. The van der Waals surface area contributed by atoms with Crippen LogP contribution >= 0.6 is 11.3 Å². The monoisotopic (exact) mass is 380 g/mol. The first kappa shape index (κ1) is 16.6. The van der Waals surface area contributed by atoms with E-state index in [0.29, 0.717) is 0 Å². The molecule has 2 aliphatic rings. The predicted octanol–water partition coefficient (Wildman–Crippen LogP) is 4.75. The van der Waals surface area contributed by atoms with Gasteiger partial charge in [-0.25, -0.2) is 4.98 Å². The van der Waals surface area contributed by atoms with E-state index in [1.165, 1.54) is 24.0 Å². The van der Waals surface area contributed by atoms with E-state index in [-0.39, 0.29) is 10.6 Å². The number of hydrogen-bond acceptors (Lipinski definition) is 6. The molecule has 2 aromatic heterocycles. The summed E-state index contributed by atoms with van der Waals surface area (Å²) in [5, 5.41) is 12.1. The molecule has 3 heterocycles. The van der Waals surface area contributed by atoms with Crippen LogP contribution in [0.5, 0.6) is 0 Å². The predicted molar refractivity (Wildman–Crippen MR) is 108 cm³/mol. The number of thiazole rings is 1. The van der Waals surface area contributed by atoms with Gasteiger partial charge in [-0.2, -0.15) is 4.98 Å². The third-order valence-corrected chi connectivity index (χ3v) is 6.67. The van der Waals surface area contributed by atoms with Gasteiger partial charge in [0.2, 0.25) is 0 Å². The van der Waals surface area contributed by atoms with Crippen LogP contribution in [0.25, 0.3) is 21.5 Å². The van der Waals surface area contributed by atoms with Crippen molar-refractivity contribution in [3.05, 3.63) is 45.6 Å². The molecular formula is C20H20N4O2S. The molecule has 1 aliphatic carbocycles. The first-order chi connectivity index (χ1) is 13.2. The lowest BCUT2D eigenvalue weighted by atomic mass is 9.89. The van der Waals surface area contributed by atoms with Crippen molar-refractivity contribution in [2.75, 3.05) is 18.0 Å². The summed E-state index contributed by atoms with van der Waals surface area (Å²) in [7, 11) is 0. The van der Waals surface area contributed by atoms with Crippen LogP contribution < -0.4 is 4.90 Å². The molecule has 27 heavy (non-hydrogen) atoms. The fourth-order valence-electron chi connectivity index (χ4n) is 4.19. The highest BCUT2D eigenvalue weighted by Gasteiger charge is 2.24. The van der Waals surface area contributed by atoms with Gasteiger partial charge in [-0.05, 0) is 61.8 Å². The number of pyridine rings is 1. The Balaban J connectivity index is 1.71. The van der Waals surface area contributed by atoms with Crippen molar-refractivity contribution in [2.24, 2.45) is 0 Å². The zero-order chi connectivity index (χ0) is 18.4. The van der Waals surface area contributed by atoms with E-state index < -0.39 is 0 Å². The molecule has 3 aromatic rings. The minimum atomic E-state index is -0.348. The van der Waals surface area contributed by atoms with Gasteiger partial charge in [0.15, 0.2) is 10.8 Å². The second-order valence-corrected chi connectivity index (χ2v) is 8.24. The molecule has 0 bridgehead atoms. The fourth-order valence-corrected chi connectivity index (χ4v) is 5.34. The Morgan fingerprint density at radius 3 is 2.48 bits per heavy atom. The standard InChI is InChI=1S/C20H20N4O2S/c25-24(26)14-9-7-13(8-10-14)17-15-5-1-2-6-16(15)21-19-18(17)27-20(22-19)23-11-3-4-12-23/h7-10H,1-6,11-12H2. The largest absolute Gasteiger partial charge is 0.348 e. The lowest BCUT2D eigenvalue weighted by Crippen LogP contribution is -2.16. The highest BCUT2D eigenvalue weighted by molar-refractivity contribution is 7.22. The van der Waals surface area contributed by atoms with E-state index in [1.807, 2.05) is 12.1 Å². The molecular weight excluding hydrogens is 360 g/mol. The number of nitro benzene ring substituents is 1. The molecule has 1 aliphatic heterocycles. The van der Waals surface area contributed by atoms with E-state index in [1.54, 1.807) is 23.5 Å². The molecule has 0 N–H and O–H groups in total. The number of benzene rings is 1. The van der Waals surface area contributed by atoms with Crippen LogP contribution in [-0.4, -0.2) is 28.0 Å². The van der Waals surface area contributed by atoms with Gasteiger partial charge < -0.3 is 4.90 Å². The van der Waals surface area contributed by atoms with Crippen LogP contribution in [0, 0.1) is 10.1 Å². The van der Waals surface area contributed by atoms with Crippen molar-refractivity contribution in [3.8, 4) is 11.1 Å². The molecule has 6 nitrogen and oxygen atoms in total. The summed E-state index contributed by atoms with van der Waals surface area (Å²) in [6.07, 6.45) is 6.76. The summed E-state index contributed by atoms with van der Waals surface area (Å²) < 4.78 is 1.12. The number of aryl methyl sites for hydroxylation is 1. The molecule has 1 saturated heterocycles. The number of non-ortho nitro benzene ring substituents is 1. The van der Waals surface area contributed by atoms with E-state index in [0.717, 1.165) is 65.5 Å². The molecule has 5 rings (SSSR count). The van der Waals surface area contributed by atoms with E-state index in [2.05, 4.69) is 4.90 Å². The van der Waals surface area contributed by atoms with Gasteiger partial charge in [-0.3, -0.25) is 10.1 Å². The zero-order valence-corrected chi connectivity index (χ0v) is 15.8. The zero-order valence-electron chi connectivity index (χ0n) is 15.0. The average molecular weight is 380 g/mol. The van der Waals surface area contributed by atoms with Gasteiger partial charge in [-0.1, -0.05) is 11.3 Å². The molecule has 0 radical (unpaired) electrons. The van der Waals surface area contributed by atoms with E-state index >= 15 is 0 Å². The molecule has 1 aromatic carbocycles. The number of fused-ring (bicyclic) bond motifs is 2. The van der Waals surface area contributed by atoms with E-state index in [4.69, 9.17) is 9.97 Å². The molecule has 0 saturated carbocycles. The van der Waals surface area contributed by atoms with Gasteiger partial charge in [0.05, 0.1) is 9.62 Å². The molecule has 138 valence electrons. The molecule has 0 amide bonds. The Kier molecular flexibility index (Phi) is 4.04. The molecule has 1 fully saturated rings. The van der Waals surface area contributed by atoms with Gasteiger partial charge in [-0.15, -0.1) is 0 Å². The van der Waals surface area contributed by atoms with Crippen molar-refractivity contribution in [2.45, 2.75) is 38.5 Å². The lowest BCUT2D eigenvalue weighted by molar-refractivity contribution is -0.384. The van der Waals surface area contributed by atoms with Gasteiger partial charge in [0.1, 0.15) is 0 Å². The molecule has 0 spiro atoms. The van der Waals surface area contributed by atoms with Crippen LogP contribution in [-0.2, 0) is 12.8 Å². The SMILES string of the molecule is O=[N+]([O-])c1ccc(-c2c3c(nc4nc(N5CCCC5)sc24)CCCC3)cc1.